The summed E-state index contributed by atoms with van der Waals surface area (Å²) in [5, 5.41) is 17.0. The Bertz CT molecular complexity index is 1670. The Kier molecular flexibility index (Phi) is 4.52. The average Bonchev–Trinajstić information content (AvgIpc) is 3.55. The molecule has 1 unspecified atom stereocenters. The zero-order valence-electron chi connectivity index (χ0n) is 17.4. The molecule has 2 aliphatic heterocycles. The summed E-state index contributed by atoms with van der Waals surface area (Å²) in [4.78, 5) is 7.07. The van der Waals surface area contributed by atoms with Crippen LogP contribution < -0.4 is 21.5 Å². The summed E-state index contributed by atoms with van der Waals surface area (Å²) in [5.41, 5.74) is 14.2. The number of imidazole rings is 1. The van der Waals surface area contributed by atoms with Gasteiger partial charge in [-0.2, -0.15) is 13.6 Å². The topological polar surface area (TPSA) is 223 Å². The molecule has 16 heteroatoms. The minimum absolute atomic E-state index is 0.00835. The molecule has 8 N–H and O–H groups in total. The SMILES string of the molecule is Nc1nc2c(-c3ccc4c(c3-c3nn[nH]n3)S(=O)(=O)N=S4(=O)N[C@@H]3CNC[C@@H]3N)cccc2[nH]1. The molecular formula is C18H19N11O3S2. The fourth-order valence-corrected chi connectivity index (χ4v) is 9.09. The molecule has 0 saturated carbocycles. The van der Waals surface area contributed by atoms with Crippen LogP contribution in [0.3, 0.4) is 0 Å². The highest BCUT2D eigenvalue weighted by atomic mass is 32.3. The van der Waals surface area contributed by atoms with E-state index in [1.807, 2.05) is 0 Å². The number of sulfonamides is 1. The predicted octanol–water partition coefficient (Wildman–Crippen LogP) is -0.675. The first kappa shape index (κ1) is 21.1. The van der Waals surface area contributed by atoms with Crippen LogP contribution >= 0.6 is 0 Å². The molecule has 2 aliphatic rings. The minimum Gasteiger partial charge on any atom is -0.369 e. The number of hydrogen-bond donors (Lipinski definition) is 6. The van der Waals surface area contributed by atoms with Crippen molar-refractivity contribution in [1.82, 2.24) is 40.6 Å². The highest BCUT2D eigenvalue weighted by molar-refractivity contribution is 8.05. The largest absolute Gasteiger partial charge is 0.369 e. The first-order chi connectivity index (χ1) is 16.3. The minimum atomic E-state index is -4.36. The van der Waals surface area contributed by atoms with Crippen LogP contribution in [0.1, 0.15) is 0 Å². The van der Waals surface area contributed by atoms with Crippen LogP contribution in [0.15, 0.2) is 43.9 Å². The number of rotatable bonds is 4. The molecule has 14 nitrogen and oxygen atoms in total. The van der Waals surface area contributed by atoms with Gasteiger partial charge in [0.15, 0.2) is 15.9 Å². The molecular weight excluding hydrogens is 482 g/mol. The van der Waals surface area contributed by atoms with Crippen molar-refractivity contribution >= 4 is 36.9 Å². The lowest BCUT2D eigenvalue weighted by molar-refractivity contribution is 0.581. The fraction of sp³-hybridized carbons (Fsp3) is 0.222. The van der Waals surface area contributed by atoms with Crippen molar-refractivity contribution in [2.45, 2.75) is 21.9 Å². The van der Waals surface area contributed by atoms with Gasteiger partial charge >= 0.3 is 0 Å². The maximum absolute atomic E-state index is 13.9. The van der Waals surface area contributed by atoms with Crippen molar-refractivity contribution in [2.24, 2.45) is 9.50 Å². The number of benzene rings is 2. The summed E-state index contributed by atoms with van der Waals surface area (Å²) in [6, 6.07) is 7.71. The van der Waals surface area contributed by atoms with E-state index in [-0.39, 0.29) is 33.2 Å². The van der Waals surface area contributed by atoms with Gasteiger partial charge in [-0.25, -0.2) is 13.9 Å². The first-order valence-electron chi connectivity index (χ1n) is 10.2. The van der Waals surface area contributed by atoms with Gasteiger partial charge in [-0.15, -0.1) is 10.2 Å². The lowest BCUT2D eigenvalue weighted by atomic mass is 9.98. The van der Waals surface area contributed by atoms with Gasteiger partial charge in [0.25, 0.3) is 10.0 Å². The lowest BCUT2D eigenvalue weighted by Gasteiger charge is -2.18. The van der Waals surface area contributed by atoms with E-state index in [1.165, 1.54) is 6.07 Å². The number of para-hydroxylation sites is 1. The van der Waals surface area contributed by atoms with E-state index >= 15 is 0 Å². The average molecular weight is 502 g/mol. The number of nitrogens with two attached hydrogens (primary N) is 2. The highest BCUT2D eigenvalue weighted by Gasteiger charge is 2.41. The van der Waals surface area contributed by atoms with E-state index in [0.29, 0.717) is 35.2 Å². The molecule has 0 spiro atoms. The summed E-state index contributed by atoms with van der Waals surface area (Å²) in [6.45, 7) is 0.943. The molecule has 4 heterocycles. The number of tetrazole rings is 1. The number of fused-ring (bicyclic) bond motifs is 2. The molecule has 0 radical (unpaired) electrons. The Morgan fingerprint density at radius 2 is 1.94 bits per heavy atom. The number of nitrogens with one attached hydrogen (secondary N) is 4. The van der Waals surface area contributed by atoms with E-state index in [0.717, 1.165) is 0 Å². The van der Waals surface area contributed by atoms with Crippen LogP contribution in [-0.2, 0) is 19.9 Å². The van der Waals surface area contributed by atoms with Crippen molar-refractivity contribution in [3.63, 3.8) is 0 Å². The maximum atomic E-state index is 13.9. The van der Waals surface area contributed by atoms with Gasteiger partial charge < -0.3 is 21.8 Å². The van der Waals surface area contributed by atoms with E-state index in [1.54, 1.807) is 24.3 Å². The Morgan fingerprint density at radius 1 is 1.09 bits per heavy atom. The number of aromatic nitrogens is 6. The van der Waals surface area contributed by atoms with Crippen LogP contribution in [-0.4, -0.2) is 68.4 Å². The number of aromatic amines is 2. The third-order valence-electron chi connectivity index (χ3n) is 5.84. The Labute approximate surface area is 193 Å². The highest BCUT2D eigenvalue weighted by Crippen LogP contribution is 2.45. The molecule has 3 atom stereocenters. The molecule has 6 rings (SSSR count). The van der Waals surface area contributed by atoms with E-state index in [9.17, 15) is 12.6 Å². The van der Waals surface area contributed by atoms with Crippen molar-refractivity contribution in [1.29, 1.82) is 0 Å². The molecule has 34 heavy (non-hydrogen) atoms. The monoisotopic (exact) mass is 501 g/mol. The molecule has 0 aliphatic carbocycles. The summed E-state index contributed by atoms with van der Waals surface area (Å²) >= 11 is 0. The van der Waals surface area contributed by atoms with Crippen molar-refractivity contribution in [2.75, 3.05) is 18.8 Å². The van der Waals surface area contributed by atoms with E-state index < -0.39 is 26.0 Å². The second-order valence-electron chi connectivity index (χ2n) is 8.00. The van der Waals surface area contributed by atoms with Crippen LogP contribution in [0.25, 0.3) is 33.5 Å². The zero-order valence-corrected chi connectivity index (χ0v) is 19.0. The number of nitrogens with zero attached hydrogens (tertiary/aromatic N) is 5. The normalized spacial score (nSPS) is 25.4. The number of H-pyrrole nitrogens is 2. The molecule has 0 bridgehead atoms. The van der Waals surface area contributed by atoms with Gasteiger partial charge in [-0.05, 0) is 22.9 Å². The number of hydrogen-bond acceptors (Lipinski definition) is 10. The Balaban J connectivity index is 1.63. The fourth-order valence-electron chi connectivity index (χ4n) is 4.35. The predicted molar refractivity (Wildman–Crippen MR) is 123 cm³/mol. The molecule has 2 aromatic carbocycles. The molecule has 1 saturated heterocycles. The number of nitrogen functional groups attached to an aromatic ring is 1. The third kappa shape index (κ3) is 3.11. The van der Waals surface area contributed by atoms with Gasteiger partial charge in [-0.1, -0.05) is 22.0 Å². The molecule has 2 aromatic heterocycles. The molecule has 4 aromatic rings. The summed E-state index contributed by atoms with van der Waals surface area (Å²) < 4.78 is 47.2. The number of anilines is 1. The van der Waals surface area contributed by atoms with Crippen LogP contribution in [0.4, 0.5) is 5.95 Å². The van der Waals surface area contributed by atoms with Crippen molar-refractivity contribution < 1.29 is 12.6 Å². The quantitative estimate of drug-likeness (QED) is 0.207. The summed E-state index contributed by atoms with van der Waals surface area (Å²) in [5.74, 6) is 0.218. The molecule has 176 valence electrons. The molecule has 0 amide bonds. The summed E-state index contributed by atoms with van der Waals surface area (Å²) in [7, 11) is -7.91. The van der Waals surface area contributed by atoms with E-state index in [4.69, 9.17) is 11.5 Å². The third-order valence-corrected chi connectivity index (χ3v) is 10.1. The van der Waals surface area contributed by atoms with Gasteiger partial charge in [0, 0.05) is 30.7 Å². The van der Waals surface area contributed by atoms with Crippen molar-refractivity contribution in [3.8, 4) is 22.5 Å². The smallest absolute Gasteiger partial charge is 0.293 e. The van der Waals surface area contributed by atoms with Gasteiger partial charge in [0.2, 0.25) is 5.82 Å². The van der Waals surface area contributed by atoms with Gasteiger partial charge in [0.1, 0.15) is 4.90 Å². The second kappa shape index (κ2) is 7.28. The van der Waals surface area contributed by atoms with Crippen LogP contribution in [0.5, 0.6) is 0 Å². The van der Waals surface area contributed by atoms with Crippen LogP contribution in [0, 0.1) is 0 Å². The van der Waals surface area contributed by atoms with Gasteiger partial charge in [0.05, 0.1) is 21.5 Å². The second-order valence-corrected chi connectivity index (χ2v) is 11.7. The van der Waals surface area contributed by atoms with Crippen LogP contribution in [0.2, 0.25) is 0 Å². The zero-order chi connectivity index (χ0) is 23.7. The summed E-state index contributed by atoms with van der Waals surface area (Å²) in [6.07, 6.45) is 0. The first-order valence-corrected chi connectivity index (χ1v) is 13.1. The lowest BCUT2D eigenvalue weighted by Crippen LogP contribution is -2.46. The Hall–Kier alpha value is -3.44. The standard InChI is InChI=1S/C18H19N11O3S2/c19-10-6-21-7-12(10)26-33(30)13-5-4-8(9-2-1-3-11-15(9)23-18(20)22-11)14(17-24-27-28-25-17)16(13)34(31,32)29-33/h1-5,10,12,21H,6-7,19H2,(H3,20,22,23)(H,26,29,30)(H,24,25,27,28)/t10-,12+,33?/m0/s1. The van der Waals surface area contributed by atoms with E-state index in [2.05, 4.69) is 44.4 Å². The maximum Gasteiger partial charge on any atom is 0.293 e. The molecule has 1 fully saturated rings. The van der Waals surface area contributed by atoms with Crippen molar-refractivity contribution in [3.05, 3.63) is 30.3 Å². The van der Waals surface area contributed by atoms with Gasteiger partial charge in [-0.3, -0.25) is 0 Å². The Morgan fingerprint density at radius 3 is 2.68 bits per heavy atom.